The number of hydrogen-bond acceptors (Lipinski definition) is 3. The van der Waals surface area contributed by atoms with Gasteiger partial charge in [0.1, 0.15) is 0 Å². The number of halogens is 1. The fourth-order valence-electron chi connectivity index (χ4n) is 3.47. The minimum atomic E-state index is -0.151. The lowest BCUT2D eigenvalue weighted by Crippen LogP contribution is -2.19. The molecule has 0 spiro atoms. The highest BCUT2D eigenvalue weighted by Gasteiger charge is 2.12. The molecule has 4 aromatic rings. The number of fused-ring (bicyclic) bond motifs is 1. The van der Waals surface area contributed by atoms with E-state index in [1.54, 1.807) is 6.21 Å². The minimum Gasteiger partial charge on any atom is -0.340 e. The maximum atomic E-state index is 12.2. The van der Waals surface area contributed by atoms with Gasteiger partial charge < -0.3 is 4.57 Å². The molecule has 0 fully saturated rings. The Kier molecular flexibility index (Phi) is 6.75. The molecule has 1 aromatic heterocycles. The van der Waals surface area contributed by atoms with Crippen LogP contribution in [0.2, 0.25) is 5.02 Å². The van der Waals surface area contributed by atoms with Crippen LogP contribution in [0.5, 0.6) is 0 Å². The zero-order valence-electron chi connectivity index (χ0n) is 17.1. The molecule has 0 radical (unpaired) electrons. The van der Waals surface area contributed by atoms with E-state index >= 15 is 0 Å². The number of para-hydroxylation sites is 1. The van der Waals surface area contributed by atoms with Gasteiger partial charge in [-0.25, -0.2) is 5.43 Å². The van der Waals surface area contributed by atoms with Crippen molar-refractivity contribution in [3.8, 4) is 0 Å². The first-order chi connectivity index (χ1) is 15.1. The number of amides is 1. The number of carbonyl (C=O) groups is 1. The number of aromatic nitrogens is 1. The Balaban J connectivity index is 1.47. The topological polar surface area (TPSA) is 46.4 Å². The SMILES string of the molecule is Cc1c(/C=N\NC(=O)CSc2ccc(Cl)cc2)c2ccccc2n1Cc1ccccc1. The van der Waals surface area contributed by atoms with Crippen molar-refractivity contribution in [2.75, 3.05) is 5.75 Å². The fraction of sp³-hybridized carbons (Fsp3) is 0.120. The van der Waals surface area contributed by atoms with Gasteiger partial charge in [0.15, 0.2) is 0 Å². The van der Waals surface area contributed by atoms with Crippen LogP contribution in [0.1, 0.15) is 16.8 Å². The van der Waals surface area contributed by atoms with Crippen LogP contribution in [0, 0.1) is 6.92 Å². The first kappa shape index (κ1) is 21.2. The normalized spacial score (nSPS) is 11.3. The average Bonchev–Trinajstić information content (AvgIpc) is 3.05. The predicted molar refractivity (Wildman–Crippen MR) is 130 cm³/mol. The summed E-state index contributed by atoms with van der Waals surface area (Å²) < 4.78 is 2.28. The van der Waals surface area contributed by atoms with Crippen molar-refractivity contribution < 1.29 is 4.79 Å². The summed E-state index contributed by atoms with van der Waals surface area (Å²) in [5, 5.41) is 6.02. The van der Waals surface area contributed by atoms with Gasteiger partial charge in [0.25, 0.3) is 0 Å². The summed E-state index contributed by atoms with van der Waals surface area (Å²) in [6, 6.07) is 26.1. The summed E-state index contributed by atoms with van der Waals surface area (Å²) in [5.41, 5.74) is 7.15. The zero-order chi connectivity index (χ0) is 21.6. The highest BCUT2D eigenvalue weighted by Crippen LogP contribution is 2.25. The maximum absolute atomic E-state index is 12.2. The quantitative estimate of drug-likeness (QED) is 0.218. The molecule has 0 saturated heterocycles. The van der Waals surface area contributed by atoms with E-state index in [4.69, 9.17) is 11.6 Å². The Morgan fingerprint density at radius 3 is 2.52 bits per heavy atom. The van der Waals surface area contributed by atoms with Gasteiger partial charge in [-0.2, -0.15) is 5.10 Å². The van der Waals surface area contributed by atoms with Crippen LogP contribution in [-0.4, -0.2) is 22.4 Å². The molecule has 31 heavy (non-hydrogen) atoms. The van der Waals surface area contributed by atoms with Crippen LogP contribution in [0.15, 0.2) is 88.9 Å². The zero-order valence-corrected chi connectivity index (χ0v) is 18.7. The van der Waals surface area contributed by atoms with Crippen molar-refractivity contribution in [2.45, 2.75) is 18.4 Å². The highest BCUT2D eigenvalue weighted by molar-refractivity contribution is 8.00. The van der Waals surface area contributed by atoms with Crippen molar-refractivity contribution in [3.05, 3.63) is 101 Å². The van der Waals surface area contributed by atoms with Crippen LogP contribution in [-0.2, 0) is 11.3 Å². The summed E-state index contributed by atoms with van der Waals surface area (Å²) in [4.78, 5) is 13.2. The van der Waals surface area contributed by atoms with Crippen LogP contribution in [0.4, 0.5) is 0 Å². The van der Waals surface area contributed by atoms with Crippen LogP contribution in [0.3, 0.4) is 0 Å². The van der Waals surface area contributed by atoms with Crippen molar-refractivity contribution in [2.24, 2.45) is 5.10 Å². The molecule has 0 atom stereocenters. The summed E-state index contributed by atoms with van der Waals surface area (Å²) in [6.45, 7) is 2.87. The minimum absolute atomic E-state index is 0.151. The molecule has 0 aliphatic carbocycles. The lowest BCUT2D eigenvalue weighted by molar-refractivity contribution is -0.118. The molecule has 0 saturated carbocycles. The van der Waals surface area contributed by atoms with E-state index in [-0.39, 0.29) is 11.7 Å². The van der Waals surface area contributed by atoms with Crippen LogP contribution >= 0.6 is 23.4 Å². The van der Waals surface area contributed by atoms with Gasteiger partial charge in [-0.3, -0.25) is 4.79 Å². The number of nitrogens with zero attached hydrogens (tertiary/aromatic N) is 2. The number of thioether (sulfide) groups is 1. The molecule has 0 bridgehead atoms. The summed E-state index contributed by atoms with van der Waals surface area (Å²) in [6.07, 6.45) is 1.74. The van der Waals surface area contributed by atoms with Gasteiger partial charge >= 0.3 is 0 Å². The van der Waals surface area contributed by atoms with Crippen molar-refractivity contribution in [1.29, 1.82) is 0 Å². The third-order valence-corrected chi connectivity index (χ3v) is 6.29. The third-order valence-electron chi connectivity index (χ3n) is 5.03. The van der Waals surface area contributed by atoms with Gasteiger partial charge in [0, 0.05) is 38.6 Å². The molecule has 156 valence electrons. The second kappa shape index (κ2) is 9.86. The Labute approximate surface area is 190 Å². The number of hydrazone groups is 1. The Hall–Kier alpha value is -3.02. The second-order valence-electron chi connectivity index (χ2n) is 7.12. The fourth-order valence-corrected chi connectivity index (χ4v) is 4.29. The van der Waals surface area contributed by atoms with Gasteiger partial charge in [0.2, 0.25) is 5.91 Å². The van der Waals surface area contributed by atoms with E-state index in [1.165, 1.54) is 17.3 Å². The molecule has 1 N–H and O–H groups in total. The number of rotatable bonds is 7. The molecule has 0 unspecified atom stereocenters. The van der Waals surface area contributed by atoms with Crippen molar-refractivity contribution in [3.63, 3.8) is 0 Å². The summed E-state index contributed by atoms with van der Waals surface area (Å²) >= 11 is 7.34. The largest absolute Gasteiger partial charge is 0.340 e. The molecular formula is C25H22ClN3OS. The Morgan fingerprint density at radius 1 is 1.03 bits per heavy atom. The molecule has 4 rings (SSSR count). The number of hydrogen-bond donors (Lipinski definition) is 1. The van der Waals surface area contributed by atoms with E-state index in [2.05, 4.69) is 58.4 Å². The molecule has 6 heteroatoms. The van der Waals surface area contributed by atoms with Gasteiger partial charge in [-0.05, 0) is 42.8 Å². The maximum Gasteiger partial charge on any atom is 0.250 e. The second-order valence-corrected chi connectivity index (χ2v) is 8.61. The van der Waals surface area contributed by atoms with Crippen LogP contribution in [0.25, 0.3) is 10.9 Å². The van der Waals surface area contributed by atoms with E-state index in [0.29, 0.717) is 5.02 Å². The first-order valence-corrected chi connectivity index (χ1v) is 11.3. The Bertz CT molecular complexity index is 1220. The van der Waals surface area contributed by atoms with Crippen LogP contribution < -0.4 is 5.43 Å². The molecule has 0 aliphatic rings. The molecular weight excluding hydrogens is 426 g/mol. The predicted octanol–water partition coefficient (Wildman–Crippen LogP) is 5.89. The van der Waals surface area contributed by atoms with E-state index in [0.717, 1.165) is 33.6 Å². The molecule has 0 aliphatic heterocycles. The number of carbonyl (C=O) groups excluding carboxylic acids is 1. The highest BCUT2D eigenvalue weighted by atomic mass is 35.5. The van der Waals surface area contributed by atoms with E-state index in [9.17, 15) is 4.79 Å². The lowest BCUT2D eigenvalue weighted by Gasteiger charge is -2.08. The monoisotopic (exact) mass is 447 g/mol. The molecule has 3 aromatic carbocycles. The summed E-state index contributed by atoms with van der Waals surface area (Å²) in [5.74, 6) is 0.134. The first-order valence-electron chi connectivity index (χ1n) is 9.94. The van der Waals surface area contributed by atoms with E-state index < -0.39 is 0 Å². The Morgan fingerprint density at radius 2 is 1.74 bits per heavy atom. The standard InChI is InChI=1S/C25H22ClN3OS/c1-18-23(15-27-28-25(30)17-31-21-13-11-20(26)12-14-21)22-9-5-6-10-24(22)29(18)16-19-7-3-2-4-8-19/h2-15H,16-17H2,1H3,(H,28,30)/b27-15-. The van der Waals surface area contributed by atoms with E-state index in [1.807, 2.05) is 42.5 Å². The lowest BCUT2D eigenvalue weighted by atomic mass is 10.1. The number of benzene rings is 3. The molecule has 4 nitrogen and oxygen atoms in total. The smallest absolute Gasteiger partial charge is 0.250 e. The van der Waals surface area contributed by atoms with Gasteiger partial charge in [-0.15, -0.1) is 11.8 Å². The summed E-state index contributed by atoms with van der Waals surface area (Å²) in [7, 11) is 0. The van der Waals surface area contributed by atoms with Gasteiger partial charge in [-0.1, -0.05) is 60.1 Å². The van der Waals surface area contributed by atoms with Crippen molar-refractivity contribution in [1.82, 2.24) is 9.99 Å². The molecule has 1 heterocycles. The number of nitrogens with one attached hydrogen (secondary N) is 1. The molecule has 1 amide bonds. The third kappa shape index (κ3) is 5.19. The van der Waals surface area contributed by atoms with Crippen molar-refractivity contribution >= 4 is 46.4 Å². The van der Waals surface area contributed by atoms with Gasteiger partial charge in [0.05, 0.1) is 12.0 Å². The average molecular weight is 448 g/mol.